The minimum atomic E-state index is -0.412. The third-order valence-electron chi connectivity index (χ3n) is 4.81. The van der Waals surface area contributed by atoms with Crippen molar-refractivity contribution in [1.82, 2.24) is 10.2 Å². The quantitative estimate of drug-likeness (QED) is 0.180. The Morgan fingerprint density at radius 1 is 0.821 bits per heavy atom. The molecule has 0 atom stereocenters. The first kappa shape index (κ1) is 26.5. The van der Waals surface area contributed by atoms with Crippen LogP contribution in [0.3, 0.4) is 0 Å². The van der Waals surface area contributed by atoms with Gasteiger partial charge in [0.2, 0.25) is 0 Å². The topological polar surface area (TPSA) is 58.6 Å². The van der Waals surface area contributed by atoms with Crippen LogP contribution in [0.2, 0.25) is 0 Å². The van der Waals surface area contributed by atoms with Crippen LogP contribution in [0, 0.1) is 0 Å². The van der Waals surface area contributed by atoms with Crippen LogP contribution < -0.4 is 5.32 Å². The summed E-state index contributed by atoms with van der Waals surface area (Å²) in [7, 11) is 0. The van der Waals surface area contributed by atoms with Gasteiger partial charge in [-0.2, -0.15) is 0 Å². The van der Waals surface area contributed by atoms with E-state index in [-0.39, 0.29) is 12.6 Å². The summed E-state index contributed by atoms with van der Waals surface area (Å²) < 4.78 is 5.03. The van der Waals surface area contributed by atoms with Gasteiger partial charge in [0.15, 0.2) is 0 Å². The minimum absolute atomic E-state index is 0.0477. The Hall–Kier alpha value is -1.52. The van der Waals surface area contributed by atoms with Gasteiger partial charge in [0.05, 0.1) is 6.54 Å². The van der Waals surface area contributed by atoms with E-state index in [0.717, 1.165) is 25.9 Å². The van der Waals surface area contributed by atoms with Crippen LogP contribution in [0.15, 0.2) is 12.2 Å². The number of nitrogens with one attached hydrogen (secondary N) is 1. The molecule has 0 fully saturated rings. The van der Waals surface area contributed by atoms with Crippen molar-refractivity contribution >= 4 is 12.0 Å². The highest BCUT2D eigenvalue weighted by atomic mass is 16.5. The van der Waals surface area contributed by atoms with Crippen molar-refractivity contribution in [2.45, 2.75) is 97.8 Å². The van der Waals surface area contributed by atoms with E-state index in [1.165, 1.54) is 64.2 Å². The van der Waals surface area contributed by atoms with Crippen molar-refractivity contribution in [2.75, 3.05) is 26.2 Å². The summed E-state index contributed by atoms with van der Waals surface area (Å²) in [5.74, 6) is -0.412. The van der Waals surface area contributed by atoms with E-state index < -0.39 is 5.97 Å². The summed E-state index contributed by atoms with van der Waals surface area (Å²) in [6.45, 7) is 11.7. The largest absolute Gasteiger partial charge is 0.460 e. The first-order chi connectivity index (χ1) is 13.5. The maximum absolute atomic E-state index is 12.5. The van der Waals surface area contributed by atoms with Crippen molar-refractivity contribution in [3.8, 4) is 0 Å². The fraction of sp³-hybridized carbons (Fsp3) is 0.826. The Kier molecular flexibility index (Phi) is 17.8. The van der Waals surface area contributed by atoms with E-state index in [2.05, 4.69) is 25.7 Å². The molecule has 28 heavy (non-hydrogen) atoms. The van der Waals surface area contributed by atoms with Gasteiger partial charge in [-0.15, -0.1) is 0 Å². The van der Waals surface area contributed by atoms with E-state index in [1.54, 1.807) is 6.92 Å². The number of unbranched alkanes of at least 4 members (excludes halogenated alkanes) is 10. The minimum Gasteiger partial charge on any atom is -0.460 e. The number of nitrogens with zero attached hydrogens (tertiary/aromatic N) is 1. The summed E-state index contributed by atoms with van der Waals surface area (Å²) in [5.41, 5.74) is 0.374. The van der Waals surface area contributed by atoms with E-state index in [9.17, 15) is 9.59 Å². The maximum atomic E-state index is 12.5. The predicted octanol–water partition coefficient (Wildman–Crippen LogP) is 5.84. The Balaban J connectivity index is 4.18. The molecule has 0 heterocycles. The lowest BCUT2D eigenvalue weighted by atomic mass is 10.1. The fourth-order valence-electron chi connectivity index (χ4n) is 3.02. The van der Waals surface area contributed by atoms with Crippen LogP contribution in [-0.4, -0.2) is 43.1 Å². The second-order valence-corrected chi connectivity index (χ2v) is 7.67. The summed E-state index contributed by atoms with van der Waals surface area (Å²) in [5, 5.41) is 2.88. The van der Waals surface area contributed by atoms with E-state index in [0.29, 0.717) is 12.1 Å². The molecule has 0 rings (SSSR count). The van der Waals surface area contributed by atoms with Gasteiger partial charge in [0.1, 0.15) is 6.61 Å². The second-order valence-electron chi connectivity index (χ2n) is 7.67. The predicted molar refractivity (Wildman–Crippen MR) is 117 cm³/mol. The smallest absolute Gasteiger partial charge is 0.333 e. The zero-order valence-corrected chi connectivity index (χ0v) is 18.7. The monoisotopic (exact) mass is 396 g/mol. The molecule has 2 amide bonds. The Labute approximate surface area is 173 Å². The number of hydrogen-bond acceptors (Lipinski definition) is 3. The molecule has 0 bridgehead atoms. The average molecular weight is 397 g/mol. The van der Waals surface area contributed by atoms with Crippen LogP contribution in [0.25, 0.3) is 0 Å². The molecule has 164 valence electrons. The van der Waals surface area contributed by atoms with Crippen molar-refractivity contribution < 1.29 is 14.3 Å². The second kappa shape index (κ2) is 18.8. The number of ether oxygens (including phenoxy) is 1. The number of rotatable bonds is 18. The standard InChI is InChI=1S/C23H44N2O3/c1-5-7-9-11-13-15-18-25(19-16-14-12-10-8-6-2)23(27)24-17-20-28-22(26)21(3)4/h3,5-20H2,1-2,4H3,(H,24,27). The van der Waals surface area contributed by atoms with Gasteiger partial charge in [-0.3, -0.25) is 0 Å². The first-order valence-corrected chi connectivity index (χ1v) is 11.4. The summed E-state index contributed by atoms with van der Waals surface area (Å²) in [6, 6.07) is -0.0477. The summed E-state index contributed by atoms with van der Waals surface area (Å²) >= 11 is 0. The van der Waals surface area contributed by atoms with Crippen molar-refractivity contribution in [1.29, 1.82) is 0 Å². The zero-order chi connectivity index (χ0) is 21.0. The molecule has 0 saturated carbocycles. The molecule has 0 aliphatic heterocycles. The molecule has 0 aliphatic rings. The summed E-state index contributed by atoms with van der Waals surface area (Å²) in [6.07, 6.45) is 14.6. The van der Waals surface area contributed by atoms with Gasteiger partial charge >= 0.3 is 12.0 Å². The molecular weight excluding hydrogens is 352 g/mol. The normalized spacial score (nSPS) is 10.5. The molecule has 5 heteroatoms. The van der Waals surface area contributed by atoms with Gasteiger partial charge in [0, 0.05) is 18.7 Å². The molecule has 0 spiro atoms. The molecule has 0 unspecified atom stereocenters. The molecule has 5 nitrogen and oxygen atoms in total. The van der Waals surface area contributed by atoms with E-state index in [4.69, 9.17) is 4.74 Å². The van der Waals surface area contributed by atoms with Gasteiger partial charge < -0.3 is 15.0 Å². The fourth-order valence-corrected chi connectivity index (χ4v) is 3.02. The highest BCUT2D eigenvalue weighted by Crippen LogP contribution is 2.09. The summed E-state index contributed by atoms with van der Waals surface area (Å²) in [4.78, 5) is 25.8. The molecule has 0 aliphatic carbocycles. The third-order valence-corrected chi connectivity index (χ3v) is 4.81. The lowest BCUT2D eigenvalue weighted by molar-refractivity contribution is -0.138. The molecule has 0 saturated heterocycles. The van der Waals surface area contributed by atoms with Crippen LogP contribution in [0.1, 0.15) is 97.8 Å². The molecule has 1 N–H and O–H groups in total. The van der Waals surface area contributed by atoms with Crippen molar-refractivity contribution in [3.05, 3.63) is 12.2 Å². The number of hydrogen-bond donors (Lipinski definition) is 1. The zero-order valence-electron chi connectivity index (χ0n) is 18.7. The number of esters is 1. The Morgan fingerprint density at radius 2 is 1.29 bits per heavy atom. The molecule has 0 aromatic carbocycles. The lowest BCUT2D eigenvalue weighted by Crippen LogP contribution is -2.42. The van der Waals surface area contributed by atoms with Crippen molar-refractivity contribution in [2.24, 2.45) is 0 Å². The van der Waals surface area contributed by atoms with Gasteiger partial charge in [-0.1, -0.05) is 84.6 Å². The van der Waals surface area contributed by atoms with Gasteiger partial charge in [-0.05, 0) is 19.8 Å². The van der Waals surface area contributed by atoms with Crippen LogP contribution >= 0.6 is 0 Å². The molecule has 0 aromatic heterocycles. The van der Waals surface area contributed by atoms with Crippen LogP contribution in [0.4, 0.5) is 4.79 Å². The lowest BCUT2D eigenvalue weighted by Gasteiger charge is -2.23. The number of urea groups is 1. The SMILES string of the molecule is C=C(C)C(=O)OCCNC(=O)N(CCCCCCCC)CCCCCCCC. The molecule has 0 radical (unpaired) electrons. The third kappa shape index (κ3) is 15.5. The number of amides is 2. The van der Waals surface area contributed by atoms with Gasteiger partial charge in [0.25, 0.3) is 0 Å². The molecule has 0 aromatic rings. The van der Waals surface area contributed by atoms with Crippen LogP contribution in [0.5, 0.6) is 0 Å². The van der Waals surface area contributed by atoms with E-state index >= 15 is 0 Å². The first-order valence-electron chi connectivity index (χ1n) is 11.4. The van der Waals surface area contributed by atoms with Gasteiger partial charge in [-0.25, -0.2) is 9.59 Å². The Morgan fingerprint density at radius 3 is 1.75 bits per heavy atom. The molecular formula is C23H44N2O3. The van der Waals surface area contributed by atoms with Crippen LogP contribution in [-0.2, 0) is 9.53 Å². The highest BCUT2D eigenvalue weighted by molar-refractivity contribution is 5.86. The van der Waals surface area contributed by atoms with E-state index in [1.807, 2.05) is 4.90 Å². The number of carbonyl (C=O) groups excluding carboxylic acids is 2. The number of carbonyl (C=O) groups is 2. The average Bonchev–Trinajstić information content (AvgIpc) is 2.68. The highest BCUT2D eigenvalue weighted by Gasteiger charge is 2.12. The van der Waals surface area contributed by atoms with Crippen molar-refractivity contribution in [3.63, 3.8) is 0 Å². The Bertz CT molecular complexity index is 408. The maximum Gasteiger partial charge on any atom is 0.333 e.